The van der Waals surface area contributed by atoms with E-state index in [1.807, 2.05) is 60.7 Å². The van der Waals surface area contributed by atoms with Crippen LogP contribution < -0.4 is 10.6 Å². The maximum absolute atomic E-state index is 13.9. The number of carbonyl (C=O) groups is 2. The number of thiophene rings is 1. The predicted octanol–water partition coefficient (Wildman–Crippen LogP) is 5.16. The van der Waals surface area contributed by atoms with Gasteiger partial charge < -0.3 is 0 Å². The lowest BCUT2D eigenvalue weighted by atomic mass is 9.95. The minimum Gasteiger partial charge on any atom is -0.272 e. The summed E-state index contributed by atoms with van der Waals surface area (Å²) in [7, 11) is 0. The SMILES string of the molecule is CCCCc1nn(N(C(=O)Cc2ccccc2)C(=O)Cc2ccccc2)c(=O)c2sc3c(c12)CCCC3. The van der Waals surface area contributed by atoms with Crippen molar-refractivity contribution in [2.75, 3.05) is 5.01 Å². The third-order valence-electron chi connectivity index (χ3n) is 6.88. The highest BCUT2D eigenvalue weighted by molar-refractivity contribution is 7.19. The summed E-state index contributed by atoms with van der Waals surface area (Å²) >= 11 is 1.51. The second-order valence-corrected chi connectivity index (χ2v) is 10.7. The molecular formula is C30H31N3O3S. The van der Waals surface area contributed by atoms with Gasteiger partial charge in [-0.1, -0.05) is 74.0 Å². The zero-order valence-electron chi connectivity index (χ0n) is 21.1. The fourth-order valence-corrected chi connectivity index (χ4v) is 6.35. The molecule has 0 aliphatic heterocycles. The van der Waals surface area contributed by atoms with Gasteiger partial charge in [0.2, 0.25) is 0 Å². The van der Waals surface area contributed by atoms with Crippen LogP contribution in [0.4, 0.5) is 0 Å². The molecule has 2 heterocycles. The third kappa shape index (κ3) is 5.27. The van der Waals surface area contributed by atoms with E-state index in [1.165, 1.54) is 21.8 Å². The van der Waals surface area contributed by atoms with Gasteiger partial charge in [0.05, 0.1) is 18.5 Å². The molecule has 0 saturated heterocycles. The van der Waals surface area contributed by atoms with Crippen molar-refractivity contribution in [2.45, 2.75) is 64.7 Å². The molecule has 190 valence electrons. The zero-order valence-corrected chi connectivity index (χ0v) is 21.9. The zero-order chi connectivity index (χ0) is 25.8. The van der Waals surface area contributed by atoms with Gasteiger partial charge in [-0.2, -0.15) is 10.1 Å². The highest BCUT2D eigenvalue weighted by Gasteiger charge is 2.30. The van der Waals surface area contributed by atoms with Crippen molar-refractivity contribution in [3.05, 3.63) is 98.3 Å². The largest absolute Gasteiger partial charge is 0.304 e. The van der Waals surface area contributed by atoms with E-state index in [0.29, 0.717) is 11.1 Å². The number of amides is 2. The van der Waals surface area contributed by atoms with Crippen LogP contribution in [0.15, 0.2) is 65.5 Å². The van der Waals surface area contributed by atoms with Crippen LogP contribution in [0.5, 0.6) is 0 Å². The van der Waals surface area contributed by atoms with Crippen LogP contribution in [0.25, 0.3) is 10.1 Å². The van der Waals surface area contributed by atoms with Gasteiger partial charge in [0.25, 0.3) is 11.8 Å². The van der Waals surface area contributed by atoms with Gasteiger partial charge in [-0.05, 0) is 55.2 Å². The minimum absolute atomic E-state index is 0.00123. The molecule has 0 radical (unpaired) electrons. The van der Waals surface area contributed by atoms with Crippen LogP contribution in [0.2, 0.25) is 0 Å². The summed E-state index contributed by atoms with van der Waals surface area (Å²) < 4.78 is 0.609. The summed E-state index contributed by atoms with van der Waals surface area (Å²) in [4.78, 5) is 43.5. The average Bonchev–Trinajstić information content (AvgIpc) is 3.31. The minimum atomic E-state index is -0.469. The number of benzene rings is 2. The topological polar surface area (TPSA) is 72.3 Å². The molecule has 37 heavy (non-hydrogen) atoms. The van der Waals surface area contributed by atoms with Gasteiger partial charge in [-0.15, -0.1) is 16.1 Å². The first-order chi connectivity index (χ1) is 18.1. The lowest BCUT2D eigenvalue weighted by molar-refractivity contribution is -0.128. The van der Waals surface area contributed by atoms with E-state index in [2.05, 4.69) is 6.92 Å². The Hall–Kier alpha value is -3.58. The number of fused-ring (bicyclic) bond motifs is 3. The summed E-state index contributed by atoms with van der Waals surface area (Å²) in [5.41, 5.74) is 3.21. The van der Waals surface area contributed by atoms with E-state index >= 15 is 0 Å². The molecule has 0 atom stereocenters. The molecule has 0 spiro atoms. The Kier molecular flexibility index (Phi) is 7.60. The molecule has 4 aromatic rings. The molecule has 6 nitrogen and oxygen atoms in total. The van der Waals surface area contributed by atoms with Crippen LogP contribution >= 0.6 is 11.3 Å². The van der Waals surface area contributed by atoms with Crippen LogP contribution in [-0.4, -0.2) is 21.7 Å². The van der Waals surface area contributed by atoms with Crippen LogP contribution in [0.3, 0.4) is 0 Å². The maximum atomic E-state index is 13.9. The standard InChI is InChI=1S/C30H31N3O3S/c1-2-3-17-24-28-23-16-10-11-18-25(23)37-29(28)30(36)33(31-24)32(26(34)19-21-12-6-4-7-13-21)27(35)20-22-14-8-5-9-15-22/h4-9,12-15H,2-3,10-11,16-20H2,1H3. The first-order valence-electron chi connectivity index (χ1n) is 13.1. The van der Waals surface area contributed by atoms with E-state index in [-0.39, 0.29) is 12.8 Å². The van der Waals surface area contributed by atoms with E-state index in [4.69, 9.17) is 5.10 Å². The number of carbonyl (C=O) groups excluding carboxylic acids is 2. The lowest BCUT2D eigenvalue weighted by Crippen LogP contribution is -2.53. The van der Waals surface area contributed by atoms with E-state index in [1.54, 1.807) is 0 Å². The molecule has 1 aliphatic rings. The van der Waals surface area contributed by atoms with Crippen LogP contribution in [0.1, 0.15) is 59.9 Å². The van der Waals surface area contributed by atoms with Crippen molar-refractivity contribution in [3.8, 4) is 0 Å². The van der Waals surface area contributed by atoms with Gasteiger partial charge in [-0.3, -0.25) is 14.4 Å². The molecule has 0 N–H and O–H groups in total. The monoisotopic (exact) mass is 513 g/mol. The highest BCUT2D eigenvalue weighted by Crippen LogP contribution is 2.36. The molecule has 0 saturated carbocycles. The van der Waals surface area contributed by atoms with Gasteiger partial charge in [0.1, 0.15) is 4.70 Å². The Morgan fingerprint density at radius 2 is 1.51 bits per heavy atom. The van der Waals surface area contributed by atoms with Gasteiger partial charge in [-0.25, -0.2) is 0 Å². The molecule has 0 unspecified atom stereocenters. The summed E-state index contributed by atoms with van der Waals surface area (Å²) in [6, 6.07) is 18.6. The van der Waals surface area contributed by atoms with Crippen molar-refractivity contribution < 1.29 is 9.59 Å². The average molecular weight is 514 g/mol. The van der Waals surface area contributed by atoms with E-state index in [0.717, 1.165) is 70.5 Å². The third-order valence-corrected chi connectivity index (χ3v) is 8.16. The Morgan fingerprint density at radius 3 is 2.11 bits per heavy atom. The second kappa shape index (κ2) is 11.2. The summed E-state index contributed by atoms with van der Waals surface area (Å²) in [5, 5.41) is 6.68. The number of nitrogens with zero attached hydrogens (tertiary/aromatic N) is 3. The fraction of sp³-hybridized carbons (Fsp3) is 0.333. The number of hydrogen-bond donors (Lipinski definition) is 0. The highest BCUT2D eigenvalue weighted by atomic mass is 32.1. The predicted molar refractivity (Wildman–Crippen MR) is 148 cm³/mol. The Morgan fingerprint density at radius 1 is 0.919 bits per heavy atom. The van der Waals surface area contributed by atoms with Crippen molar-refractivity contribution >= 4 is 33.2 Å². The molecule has 0 bridgehead atoms. The summed E-state index contributed by atoms with van der Waals surface area (Å²) in [6.45, 7) is 2.12. The molecule has 5 rings (SSSR count). The first-order valence-corrected chi connectivity index (χ1v) is 13.9. The number of rotatable bonds is 8. The fourth-order valence-electron chi connectivity index (χ4n) is 5.02. The Bertz CT molecular complexity index is 1420. The molecule has 0 fully saturated rings. The summed E-state index contributed by atoms with van der Waals surface area (Å²) in [5.74, 6) is -0.937. The van der Waals surface area contributed by atoms with Gasteiger partial charge in [0.15, 0.2) is 0 Å². The number of imide groups is 1. The molecular weight excluding hydrogens is 482 g/mol. The van der Waals surface area contributed by atoms with E-state index < -0.39 is 17.4 Å². The molecule has 7 heteroatoms. The smallest absolute Gasteiger partial charge is 0.272 e. The van der Waals surface area contributed by atoms with Crippen LogP contribution in [-0.2, 0) is 41.7 Å². The maximum Gasteiger partial charge on any atom is 0.304 e. The van der Waals surface area contributed by atoms with Crippen molar-refractivity contribution in [2.24, 2.45) is 0 Å². The van der Waals surface area contributed by atoms with E-state index in [9.17, 15) is 14.4 Å². The Balaban J connectivity index is 1.64. The van der Waals surface area contributed by atoms with Gasteiger partial charge in [0, 0.05) is 10.3 Å². The van der Waals surface area contributed by atoms with Crippen molar-refractivity contribution in [1.82, 2.24) is 9.89 Å². The molecule has 1 aliphatic carbocycles. The number of unbranched alkanes of at least 4 members (excludes halogenated alkanes) is 1. The molecule has 2 aromatic heterocycles. The van der Waals surface area contributed by atoms with Crippen LogP contribution in [0, 0.1) is 0 Å². The van der Waals surface area contributed by atoms with Gasteiger partial charge >= 0.3 is 5.56 Å². The normalized spacial score (nSPS) is 12.9. The number of aromatic nitrogens is 2. The molecule has 2 aromatic carbocycles. The lowest BCUT2D eigenvalue weighted by Gasteiger charge is -2.22. The second-order valence-electron chi connectivity index (χ2n) is 9.58. The number of hydrogen-bond acceptors (Lipinski definition) is 5. The quantitative estimate of drug-likeness (QED) is 0.326. The van der Waals surface area contributed by atoms with Crippen molar-refractivity contribution in [3.63, 3.8) is 0 Å². The number of aryl methyl sites for hydroxylation is 3. The molecule has 2 amide bonds. The summed E-state index contributed by atoms with van der Waals surface area (Å²) in [6.07, 6.45) is 6.73. The first kappa shape index (κ1) is 25.1. The Labute approximate surface area is 220 Å². The van der Waals surface area contributed by atoms with Crippen molar-refractivity contribution in [1.29, 1.82) is 0 Å².